The Morgan fingerprint density at radius 2 is 2.12 bits per heavy atom. The number of benzene rings is 1. The normalized spacial score (nSPS) is 18.7. The predicted molar refractivity (Wildman–Crippen MR) is 97.7 cm³/mol. The van der Waals surface area contributed by atoms with Gasteiger partial charge in [0.2, 0.25) is 11.8 Å². The van der Waals surface area contributed by atoms with E-state index in [0.717, 1.165) is 5.76 Å². The van der Waals surface area contributed by atoms with Crippen molar-refractivity contribution < 1.29 is 14.0 Å². The monoisotopic (exact) mass is 356 g/mol. The van der Waals surface area contributed by atoms with Gasteiger partial charge in [-0.1, -0.05) is 30.0 Å². The summed E-state index contributed by atoms with van der Waals surface area (Å²) in [5, 5.41) is 13.0. The van der Waals surface area contributed by atoms with Crippen LogP contribution in [0.25, 0.3) is 0 Å². The van der Waals surface area contributed by atoms with Gasteiger partial charge in [0, 0.05) is 12.1 Å². The molecule has 1 aliphatic rings. The molecule has 0 bridgehead atoms. The van der Waals surface area contributed by atoms with E-state index in [1.165, 1.54) is 18.0 Å². The molecule has 1 aliphatic heterocycles. The summed E-state index contributed by atoms with van der Waals surface area (Å²) in [6.07, 6.45) is 1.52. The van der Waals surface area contributed by atoms with E-state index in [1.807, 2.05) is 31.2 Å². The lowest BCUT2D eigenvalue weighted by atomic mass is 10.2. The SMILES string of the molecule is Cc1ccc(/C=N\N=C2/NC(=O)[C@H](CC(=O)Nc3ccccc3)S2)o1. The number of anilines is 1. The number of amides is 2. The molecule has 1 aromatic heterocycles. The molecule has 7 nitrogen and oxygen atoms in total. The largest absolute Gasteiger partial charge is 0.460 e. The van der Waals surface area contributed by atoms with Crippen LogP contribution in [0.1, 0.15) is 17.9 Å². The molecule has 1 saturated heterocycles. The standard InChI is InChI=1S/C17H16N4O3S/c1-11-7-8-13(24-11)10-18-21-17-20-16(23)14(25-17)9-15(22)19-12-5-3-2-4-6-12/h2-8,10,14H,9H2,1H3,(H,19,22)(H,20,21,23)/b18-10-/t14-/m0/s1. The number of amidine groups is 1. The molecular weight excluding hydrogens is 340 g/mol. The van der Waals surface area contributed by atoms with Crippen molar-refractivity contribution in [2.24, 2.45) is 10.2 Å². The Kier molecular flexibility index (Phi) is 5.30. The second-order valence-corrected chi connectivity index (χ2v) is 6.50. The fourth-order valence-electron chi connectivity index (χ4n) is 2.15. The number of thioether (sulfide) groups is 1. The number of aryl methyl sites for hydroxylation is 1. The molecule has 0 saturated carbocycles. The van der Waals surface area contributed by atoms with Gasteiger partial charge in [-0.2, -0.15) is 5.10 Å². The van der Waals surface area contributed by atoms with E-state index in [1.54, 1.807) is 18.2 Å². The number of carbonyl (C=O) groups excluding carboxylic acids is 2. The summed E-state index contributed by atoms with van der Waals surface area (Å²) in [4.78, 5) is 24.0. The van der Waals surface area contributed by atoms with E-state index in [0.29, 0.717) is 16.6 Å². The Bertz CT molecular complexity index is 829. The molecule has 3 rings (SSSR count). The highest BCUT2D eigenvalue weighted by atomic mass is 32.2. The number of nitrogens with one attached hydrogen (secondary N) is 2. The lowest BCUT2D eigenvalue weighted by Crippen LogP contribution is -2.28. The van der Waals surface area contributed by atoms with Crippen molar-refractivity contribution in [3.05, 3.63) is 54.0 Å². The number of hydrogen-bond donors (Lipinski definition) is 2. The average Bonchev–Trinajstić information content (AvgIpc) is 3.14. The van der Waals surface area contributed by atoms with Gasteiger partial charge < -0.3 is 15.1 Å². The van der Waals surface area contributed by atoms with Crippen LogP contribution in [0.4, 0.5) is 5.69 Å². The second kappa shape index (κ2) is 7.80. The van der Waals surface area contributed by atoms with Gasteiger partial charge in [-0.25, -0.2) is 0 Å². The maximum atomic E-state index is 12.0. The quantitative estimate of drug-likeness (QED) is 0.636. The van der Waals surface area contributed by atoms with Crippen LogP contribution in [0.3, 0.4) is 0 Å². The molecule has 0 spiro atoms. The molecular formula is C17H16N4O3S. The number of carbonyl (C=O) groups is 2. The summed E-state index contributed by atoms with van der Waals surface area (Å²) in [6, 6.07) is 12.7. The first-order valence-electron chi connectivity index (χ1n) is 7.60. The van der Waals surface area contributed by atoms with E-state index in [4.69, 9.17) is 4.42 Å². The van der Waals surface area contributed by atoms with E-state index < -0.39 is 5.25 Å². The van der Waals surface area contributed by atoms with Crippen molar-refractivity contribution in [2.75, 3.05) is 5.32 Å². The van der Waals surface area contributed by atoms with E-state index in [9.17, 15) is 9.59 Å². The van der Waals surface area contributed by atoms with Gasteiger partial charge in [-0.3, -0.25) is 9.59 Å². The summed E-state index contributed by atoms with van der Waals surface area (Å²) in [5.74, 6) is 0.878. The number of para-hydroxylation sites is 1. The highest BCUT2D eigenvalue weighted by Crippen LogP contribution is 2.23. The van der Waals surface area contributed by atoms with Crippen LogP contribution in [0, 0.1) is 6.92 Å². The Morgan fingerprint density at radius 3 is 2.84 bits per heavy atom. The van der Waals surface area contributed by atoms with Gasteiger partial charge in [0.05, 0.1) is 6.21 Å². The molecule has 1 atom stereocenters. The van der Waals surface area contributed by atoms with Gasteiger partial charge in [0.25, 0.3) is 0 Å². The lowest BCUT2D eigenvalue weighted by Gasteiger charge is -2.06. The van der Waals surface area contributed by atoms with Crippen molar-refractivity contribution in [1.82, 2.24) is 5.32 Å². The van der Waals surface area contributed by atoms with Crippen molar-refractivity contribution in [1.29, 1.82) is 0 Å². The van der Waals surface area contributed by atoms with Crippen molar-refractivity contribution >= 4 is 40.6 Å². The smallest absolute Gasteiger partial charge is 0.240 e. The van der Waals surface area contributed by atoms with Crippen molar-refractivity contribution in [2.45, 2.75) is 18.6 Å². The van der Waals surface area contributed by atoms with Crippen LogP contribution in [-0.4, -0.2) is 28.4 Å². The first kappa shape index (κ1) is 17.0. The van der Waals surface area contributed by atoms with Crippen molar-refractivity contribution in [3.8, 4) is 0 Å². The van der Waals surface area contributed by atoms with E-state index in [2.05, 4.69) is 20.8 Å². The molecule has 1 fully saturated rings. The maximum Gasteiger partial charge on any atom is 0.240 e. The summed E-state index contributed by atoms with van der Waals surface area (Å²) >= 11 is 1.18. The van der Waals surface area contributed by atoms with Gasteiger partial charge in [-0.05, 0) is 31.2 Å². The molecule has 2 N–H and O–H groups in total. The molecule has 2 heterocycles. The number of nitrogens with zero attached hydrogens (tertiary/aromatic N) is 2. The first-order valence-corrected chi connectivity index (χ1v) is 8.48. The topological polar surface area (TPSA) is 96.1 Å². The highest BCUT2D eigenvalue weighted by Gasteiger charge is 2.32. The fraction of sp³-hybridized carbons (Fsp3) is 0.176. The zero-order valence-electron chi connectivity index (χ0n) is 13.4. The predicted octanol–water partition coefficient (Wildman–Crippen LogP) is 2.54. The molecule has 2 aromatic rings. The van der Waals surface area contributed by atoms with Gasteiger partial charge in [0.1, 0.15) is 16.8 Å². The third-order valence-electron chi connectivity index (χ3n) is 3.30. The third-order valence-corrected chi connectivity index (χ3v) is 4.37. The van der Waals surface area contributed by atoms with Crippen molar-refractivity contribution in [3.63, 3.8) is 0 Å². The minimum Gasteiger partial charge on any atom is -0.460 e. The molecule has 0 unspecified atom stereocenters. The zero-order valence-corrected chi connectivity index (χ0v) is 14.2. The van der Waals surface area contributed by atoms with Gasteiger partial charge in [0.15, 0.2) is 5.17 Å². The molecule has 8 heteroatoms. The van der Waals surface area contributed by atoms with Crippen LogP contribution in [0.2, 0.25) is 0 Å². The van der Waals surface area contributed by atoms with E-state index >= 15 is 0 Å². The van der Waals surface area contributed by atoms with Crippen LogP contribution < -0.4 is 10.6 Å². The van der Waals surface area contributed by atoms with E-state index in [-0.39, 0.29) is 18.2 Å². The summed E-state index contributed by atoms with van der Waals surface area (Å²) in [5.41, 5.74) is 0.697. The summed E-state index contributed by atoms with van der Waals surface area (Å²) < 4.78 is 5.33. The third kappa shape index (κ3) is 4.80. The highest BCUT2D eigenvalue weighted by molar-refractivity contribution is 8.15. The fourth-order valence-corrected chi connectivity index (χ4v) is 3.07. The Morgan fingerprint density at radius 1 is 1.32 bits per heavy atom. The molecule has 0 aliphatic carbocycles. The van der Waals surface area contributed by atoms with Crippen LogP contribution in [0.15, 0.2) is 57.1 Å². The second-order valence-electron chi connectivity index (χ2n) is 5.31. The van der Waals surface area contributed by atoms with Gasteiger partial charge in [-0.15, -0.1) is 5.10 Å². The molecule has 0 radical (unpaired) electrons. The lowest BCUT2D eigenvalue weighted by molar-refractivity contribution is -0.122. The Labute approximate surface area is 148 Å². The zero-order chi connectivity index (χ0) is 17.6. The molecule has 1 aromatic carbocycles. The van der Waals surface area contributed by atoms with Crippen LogP contribution in [0.5, 0.6) is 0 Å². The molecule has 25 heavy (non-hydrogen) atoms. The Hall–Kier alpha value is -2.87. The van der Waals surface area contributed by atoms with Crippen LogP contribution >= 0.6 is 11.8 Å². The minimum absolute atomic E-state index is 0.0610. The number of rotatable bonds is 5. The number of hydrogen-bond acceptors (Lipinski definition) is 6. The van der Waals surface area contributed by atoms with Gasteiger partial charge >= 0.3 is 0 Å². The molecule has 2 amide bonds. The minimum atomic E-state index is -0.525. The number of furan rings is 1. The average molecular weight is 356 g/mol. The first-order chi connectivity index (χ1) is 12.1. The summed E-state index contributed by atoms with van der Waals surface area (Å²) in [7, 11) is 0. The van der Waals surface area contributed by atoms with Crippen LogP contribution in [-0.2, 0) is 9.59 Å². The molecule has 128 valence electrons. The maximum absolute atomic E-state index is 12.0. The summed E-state index contributed by atoms with van der Waals surface area (Å²) in [6.45, 7) is 1.83. The Balaban J connectivity index is 1.54.